The first-order valence-electron chi connectivity index (χ1n) is 8.44. The van der Waals surface area contributed by atoms with E-state index in [0.29, 0.717) is 18.0 Å². The van der Waals surface area contributed by atoms with Crippen molar-refractivity contribution < 1.29 is 13.2 Å². The molecule has 2 heterocycles. The summed E-state index contributed by atoms with van der Waals surface area (Å²) in [6.07, 6.45) is 2.36. The minimum absolute atomic E-state index is 0.0482. The van der Waals surface area contributed by atoms with Gasteiger partial charge in [-0.05, 0) is 44.9 Å². The summed E-state index contributed by atoms with van der Waals surface area (Å²) in [6, 6.07) is 5.32. The van der Waals surface area contributed by atoms with Crippen LogP contribution in [0.2, 0.25) is 5.02 Å². The molecule has 0 saturated carbocycles. The van der Waals surface area contributed by atoms with Gasteiger partial charge >= 0.3 is 0 Å². The molecule has 1 aliphatic heterocycles. The predicted octanol–water partition coefficient (Wildman–Crippen LogP) is 3.13. The number of nitrogens with one attached hydrogen (secondary N) is 1. The number of hydrogen-bond acceptors (Lipinski definition) is 3. The van der Waals surface area contributed by atoms with Crippen molar-refractivity contribution in [3.63, 3.8) is 0 Å². The van der Waals surface area contributed by atoms with Crippen molar-refractivity contribution in [2.24, 2.45) is 0 Å². The highest BCUT2D eigenvalue weighted by Crippen LogP contribution is 2.34. The van der Waals surface area contributed by atoms with Crippen LogP contribution in [0, 0.1) is 0 Å². The lowest BCUT2D eigenvalue weighted by Crippen LogP contribution is -2.49. The van der Waals surface area contributed by atoms with Crippen LogP contribution < -0.4 is 0 Å². The Bertz CT molecular complexity index is 918. The van der Waals surface area contributed by atoms with Crippen LogP contribution in [0.4, 0.5) is 0 Å². The molecule has 136 valence electrons. The Morgan fingerprint density at radius 3 is 2.72 bits per heavy atom. The molecule has 1 aliphatic rings. The van der Waals surface area contributed by atoms with E-state index in [1.54, 1.807) is 4.90 Å². The number of hydrogen-bond donors (Lipinski definition) is 1. The van der Waals surface area contributed by atoms with E-state index in [9.17, 15) is 13.2 Å². The molecule has 1 saturated heterocycles. The van der Waals surface area contributed by atoms with Crippen LogP contribution >= 0.6 is 11.6 Å². The minimum atomic E-state index is -3.04. The van der Waals surface area contributed by atoms with Crippen molar-refractivity contribution in [3.8, 4) is 0 Å². The maximum absolute atomic E-state index is 13.3. The fraction of sp³-hybridized carbons (Fsp3) is 0.500. The van der Waals surface area contributed by atoms with Gasteiger partial charge in [0.2, 0.25) is 5.91 Å². The highest BCUT2D eigenvalue weighted by molar-refractivity contribution is 7.91. The maximum atomic E-state index is 13.3. The van der Waals surface area contributed by atoms with Crippen molar-refractivity contribution in [3.05, 3.63) is 35.0 Å². The molecule has 2 aromatic rings. The number of carbonyl (C=O) groups is 1. The van der Waals surface area contributed by atoms with E-state index < -0.39 is 15.3 Å². The highest BCUT2D eigenvalue weighted by atomic mass is 35.5. The number of amides is 1. The van der Waals surface area contributed by atoms with Crippen LogP contribution in [-0.4, -0.2) is 48.3 Å². The van der Waals surface area contributed by atoms with Crippen LogP contribution in [0.5, 0.6) is 0 Å². The lowest BCUT2D eigenvalue weighted by atomic mass is 9.82. The second-order valence-electron chi connectivity index (χ2n) is 7.17. The third-order valence-corrected chi connectivity index (χ3v) is 7.09. The molecule has 25 heavy (non-hydrogen) atoms. The summed E-state index contributed by atoms with van der Waals surface area (Å²) in [4.78, 5) is 18.2. The largest absolute Gasteiger partial charge is 0.361 e. The fourth-order valence-electron chi connectivity index (χ4n) is 3.68. The Morgan fingerprint density at radius 1 is 1.40 bits per heavy atom. The lowest BCUT2D eigenvalue weighted by molar-refractivity contribution is -0.137. The van der Waals surface area contributed by atoms with Crippen molar-refractivity contribution in [1.29, 1.82) is 0 Å². The molecule has 1 aromatic carbocycles. The number of aromatic amines is 1. The summed E-state index contributed by atoms with van der Waals surface area (Å²) in [5, 5.41) is 1.59. The van der Waals surface area contributed by atoms with Crippen molar-refractivity contribution in [2.45, 2.75) is 38.6 Å². The third kappa shape index (κ3) is 3.29. The van der Waals surface area contributed by atoms with E-state index in [1.807, 2.05) is 45.2 Å². The van der Waals surface area contributed by atoms with Gasteiger partial charge in [-0.1, -0.05) is 17.7 Å². The van der Waals surface area contributed by atoms with Gasteiger partial charge in [0, 0.05) is 34.7 Å². The topological polar surface area (TPSA) is 70.2 Å². The molecule has 1 aromatic heterocycles. The standard InChI is InChI=1S/C18H23ClN2O3S/c1-4-21(13-7-8-25(23,24)11-13)17(22)18(2,3)15-10-20-16-9-12(19)5-6-14(15)16/h5-6,9-10,13,20H,4,7-8,11H2,1-3H3. The van der Waals surface area contributed by atoms with E-state index in [1.165, 1.54) is 0 Å². The van der Waals surface area contributed by atoms with E-state index in [2.05, 4.69) is 4.98 Å². The zero-order chi connectivity index (χ0) is 18.4. The zero-order valence-electron chi connectivity index (χ0n) is 14.7. The SMILES string of the molecule is CCN(C(=O)C(C)(C)c1c[nH]c2cc(Cl)ccc12)C1CCS(=O)(=O)C1. The molecule has 0 aliphatic carbocycles. The second kappa shape index (κ2) is 6.32. The van der Waals surface area contributed by atoms with E-state index in [4.69, 9.17) is 11.6 Å². The molecular formula is C18H23ClN2O3S. The number of aromatic nitrogens is 1. The quantitative estimate of drug-likeness (QED) is 0.883. The third-order valence-electron chi connectivity index (χ3n) is 5.10. The number of nitrogens with zero attached hydrogens (tertiary/aromatic N) is 1. The number of fused-ring (bicyclic) bond motifs is 1. The van der Waals surface area contributed by atoms with Crippen molar-refractivity contribution in [1.82, 2.24) is 9.88 Å². The molecule has 1 fully saturated rings. The molecule has 1 unspecified atom stereocenters. The average Bonchev–Trinajstić information content (AvgIpc) is 3.11. The number of benzene rings is 1. The van der Waals surface area contributed by atoms with Gasteiger partial charge in [-0.2, -0.15) is 0 Å². The smallest absolute Gasteiger partial charge is 0.233 e. The summed E-state index contributed by atoms with van der Waals surface area (Å²) in [7, 11) is -3.04. The van der Waals surface area contributed by atoms with Gasteiger partial charge in [-0.15, -0.1) is 0 Å². The summed E-state index contributed by atoms with van der Waals surface area (Å²) in [6.45, 7) is 6.17. The Hall–Kier alpha value is -1.53. The molecular weight excluding hydrogens is 360 g/mol. The Morgan fingerprint density at radius 2 is 2.12 bits per heavy atom. The van der Waals surface area contributed by atoms with Gasteiger partial charge in [0.1, 0.15) is 0 Å². The van der Waals surface area contributed by atoms with Gasteiger partial charge in [0.25, 0.3) is 0 Å². The molecule has 0 radical (unpaired) electrons. The molecule has 0 bridgehead atoms. The molecule has 0 spiro atoms. The van der Waals surface area contributed by atoms with E-state index >= 15 is 0 Å². The summed E-state index contributed by atoms with van der Waals surface area (Å²) >= 11 is 6.04. The summed E-state index contributed by atoms with van der Waals surface area (Å²) in [5.41, 5.74) is 1.01. The van der Waals surface area contributed by atoms with Gasteiger partial charge in [0.05, 0.1) is 16.9 Å². The molecule has 1 amide bonds. The lowest BCUT2D eigenvalue weighted by Gasteiger charge is -2.34. The number of H-pyrrole nitrogens is 1. The normalized spacial score (nSPS) is 20.1. The van der Waals surface area contributed by atoms with Gasteiger partial charge in [-0.25, -0.2) is 8.42 Å². The first-order valence-corrected chi connectivity index (χ1v) is 10.6. The molecule has 1 N–H and O–H groups in total. The number of halogens is 1. The number of sulfone groups is 1. The van der Waals surface area contributed by atoms with Crippen LogP contribution in [0.25, 0.3) is 10.9 Å². The van der Waals surface area contributed by atoms with Gasteiger partial charge in [-0.3, -0.25) is 4.79 Å². The average molecular weight is 383 g/mol. The molecule has 5 nitrogen and oxygen atoms in total. The maximum Gasteiger partial charge on any atom is 0.233 e. The fourth-order valence-corrected chi connectivity index (χ4v) is 5.58. The Labute approximate surface area is 153 Å². The zero-order valence-corrected chi connectivity index (χ0v) is 16.2. The van der Waals surface area contributed by atoms with Gasteiger partial charge in [0.15, 0.2) is 9.84 Å². The van der Waals surface area contributed by atoms with E-state index in [-0.39, 0.29) is 23.5 Å². The van der Waals surface area contributed by atoms with Crippen LogP contribution in [0.15, 0.2) is 24.4 Å². The van der Waals surface area contributed by atoms with E-state index in [0.717, 1.165) is 16.5 Å². The van der Waals surface area contributed by atoms with Crippen LogP contribution in [0.1, 0.15) is 32.8 Å². The second-order valence-corrected chi connectivity index (χ2v) is 9.83. The highest BCUT2D eigenvalue weighted by Gasteiger charge is 2.41. The van der Waals surface area contributed by atoms with Crippen LogP contribution in [0.3, 0.4) is 0 Å². The van der Waals surface area contributed by atoms with Gasteiger partial charge < -0.3 is 9.88 Å². The first kappa shape index (κ1) is 18.3. The molecule has 1 atom stereocenters. The Balaban J connectivity index is 1.95. The monoisotopic (exact) mass is 382 g/mol. The Kier molecular flexibility index (Phi) is 4.62. The summed E-state index contributed by atoms with van der Waals surface area (Å²) < 4.78 is 23.6. The van der Waals surface area contributed by atoms with Crippen molar-refractivity contribution >= 4 is 38.2 Å². The number of likely N-dealkylation sites (N-methyl/N-ethyl adjacent to an activating group) is 1. The van der Waals surface area contributed by atoms with Crippen molar-refractivity contribution in [2.75, 3.05) is 18.1 Å². The molecule has 7 heteroatoms. The minimum Gasteiger partial charge on any atom is -0.361 e. The molecule has 3 rings (SSSR count). The summed E-state index contributed by atoms with van der Waals surface area (Å²) in [5.74, 6) is 0.174. The number of rotatable bonds is 4. The van der Waals surface area contributed by atoms with Crippen LogP contribution in [-0.2, 0) is 20.0 Å². The first-order chi connectivity index (χ1) is 11.7. The predicted molar refractivity (Wildman–Crippen MR) is 101 cm³/mol. The number of carbonyl (C=O) groups excluding carboxylic acids is 1.